The number of allylic oxidation sites excluding steroid dienone is 1. The summed E-state index contributed by atoms with van der Waals surface area (Å²) in [5.74, 6) is 0.708. The van der Waals surface area contributed by atoms with E-state index in [2.05, 4.69) is 95.3 Å². The summed E-state index contributed by atoms with van der Waals surface area (Å²) in [6, 6.07) is 33.2. The van der Waals surface area contributed by atoms with Gasteiger partial charge in [0, 0.05) is 27.7 Å². The highest BCUT2D eigenvalue weighted by Crippen LogP contribution is 2.37. The van der Waals surface area contributed by atoms with Crippen molar-refractivity contribution in [3.8, 4) is 0 Å². The summed E-state index contributed by atoms with van der Waals surface area (Å²) in [7, 11) is 0. The van der Waals surface area contributed by atoms with Gasteiger partial charge in [0.2, 0.25) is 0 Å². The van der Waals surface area contributed by atoms with Crippen LogP contribution in [0.4, 0.5) is 11.4 Å². The van der Waals surface area contributed by atoms with E-state index in [4.69, 9.17) is 5.73 Å². The lowest BCUT2D eigenvalue weighted by atomic mass is 10.1. The van der Waals surface area contributed by atoms with Gasteiger partial charge < -0.3 is 11.1 Å². The Balaban J connectivity index is 1.71. The molecule has 0 atom stereocenters. The van der Waals surface area contributed by atoms with Gasteiger partial charge >= 0.3 is 0 Å². The Morgan fingerprint density at radius 2 is 1.50 bits per heavy atom. The second-order valence-corrected chi connectivity index (χ2v) is 7.79. The zero-order valence-electron chi connectivity index (χ0n) is 17.8. The number of nitrogens with two attached hydrogens (primary N) is 1. The predicted molar refractivity (Wildman–Crippen MR) is 138 cm³/mol. The quantitative estimate of drug-likeness (QED) is 0.308. The van der Waals surface area contributed by atoms with Crippen molar-refractivity contribution in [2.24, 2.45) is 5.73 Å². The highest BCUT2D eigenvalue weighted by Gasteiger charge is 2.17. The number of nitrogens with zero attached hydrogens (tertiary/aromatic N) is 1. The van der Waals surface area contributed by atoms with Crippen molar-refractivity contribution in [3.63, 3.8) is 0 Å². The Labute approximate surface area is 188 Å². The Morgan fingerprint density at radius 1 is 0.812 bits per heavy atom. The molecule has 4 aromatic carbocycles. The highest BCUT2D eigenvalue weighted by atomic mass is 15.1. The van der Waals surface area contributed by atoms with Crippen molar-refractivity contribution in [3.05, 3.63) is 121 Å². The molecular formula is C29H25N3. The normalized spacial score (nSPS) is 11.7. The number of nitrogens with one attached hydrogen (secondary N) is 1. The first-order chi connectivity index (χ1) is 15.8. The molecule has 0 unspecified atom stereocenters. The number of aromatic nitrogens is 1. The molecule has 0 aliphatic rings. The lowest BCUT2D eigenvalue weighted by Gasteiger charge is -2.14. The van der Waals surface area contributed by atoms with Gasteiger partial charge in [0.1, 0.15) is 5.82 Å². The highest BCUT2D eigenvalue weighted by molar-refractivity contribution is 6.13. The minimum atomic E-state index is 0.708. The molecule has 3 N–H and O–H groups in total. The van der Waals surface area contributed by atoms with Gasteiger partial charge in [0.05, 0.1) is 11.0 Å². The summed E-state index contributed by atoms with van der Waals surface area (Å²) >= 11 is 0. The molecule has 0 radical (unpaired) electrons. The smallest absolute Gasteiger partial charge is 0.104 e. The fourth-order valence-electron chi connectivity index (χ4n) is 4.27. The van der Waals surface area contributed by atoms with Gasteiger partial charge in [0.25, 0.3) is 0 Å². The lowest BCUT2D eigenvalue weighted by Crippen LogP contribution is -2.08. The van der Waals surface area contributed by atoms with Crippen molar-refractivity contribution in [1.82, 2.24) is 4.57 Å². The van der Waals surface area contributed by atoms with Gasteiger partial charge in [-0.15, -0.1) is 0 Å². The van der Waals surface area contributed by atoms with Crippen molar-refractivity contribution in [2.45, 2.75) is 6.42 Å². The lowest BCUT2D eigenvalue weighted by molar-refractivity contribution is 1.14. The van der Waals surface area contributed by atoms with E-state index in [9.17, 15) is 0 Å². The van der Waals surface area contributed by atoms with Crippen LogP contribution in [0.1, 0.15) is 11.1 Å². The van der Waals surface area contributed by atoms with Crippen molar-refractivity contribution < 1.29 is 0 Å². The maximum Gasteiger partial charge on any atom is 0.104 e. The van der Waals surface area contributed by atoms with E-state index >= 15 is 0 Å². The van der Waals surface area contributed by atoms with Crippen LogP contribution in [0.25, 0.3) is 33.7 Å². The maximum absolute atomic E-state index is 6.72. The summed E-state index contributed by atoms with van der Waals surface area (Å²) in [6.07, 6.45) is 4.77. The van der Waals surface area contributed by atoms with Crippen LogP contribution in [0.15, 0.2) is 110 Å². The number of anilines is 2. The molecule has 0 aliphatic heterocycles. The molecule has 0 amide bonds. The molecule has 156 valence electrons. The van der Waals surface area contributed by atoms with Crippen LogP contribution in [-0.4, -0.2) is 4.57 Å². The summed E-state index contributed by atoms with van der Waals surface area (Å²) in [6.45, 7) is 4.13. The van der Waals surface area contributed by atoms with Crippen LogP contribution in [0.3, 0.4) is 0 Å². The average molecular weight is 416 g/mol. The first kappa shape index (κ1) is 19.7. The molecule has 5 aromatic rings. The largest absolute Gasteiger partial charge is 0.385 e. The number of hydrogen-bond acceptors (Lipinski definition) is 2. The van der Waals surface area contributed by atoms with Crippen LogP contribution >= 0.6 is 0 Å². The molecule has 0 aliphatic carbocycles. The van der Waals surface area contributed by atoms with Gasteiger partial charge in [-0.05, 0) is 42.3 Å². The molecule has 5 rings (SSSR count). The van der Waals surface area contributed by atoms with Gasteiger partial charge in [-0.25, -0.2) is 0 Å². The Hall–Kier alpha value is -4.24. The van der Waals surface area contributed by atoms with Gasteiger partial charge in [-0.3, -0.25) is 4.57 Å². The van der Waals surface area contributed by atoms with E-state index in [0.717, 1.165) is 39.8 Å². The number of rotatable bonds is 6. The van der Waals surface area contributed by atoms with E-state index in [1.165, 1.54) is 10.9 Å². The second kappa shape index (κ2) is 8.48. The number of para-hydroxylation sites is 2. The minimum absolute atomic E-state index is 0.708. The van der Waals surface area contributed by atoms with Gasteiger partial charge in [-0.2, -0.15) is 0 Å². The summed E-state index contributed by atoms with van der Waals surface area (Å²) in [4.78, 5) is 0. The Morgan fingerprint density at radius 3 is 2.25 bits per heavy atom. The van der Waals surface area contributed by atoms with Crippen molar-refractivity contribution >= 4 is 45.1 Å². The van der Waals surface area contributed by atoms with E-state index in [1.807, 2.05) is 30.3 Å². The Bertz CT molecular complexity index is 1430. The molecule has 0 saturated carbocycles. The van der Waals surface area contributed by atoms with Crippen molar-refractivity contribution in [1.29, 1.82) is 0 Å². The fraction of sp³-hybridized carbons (Fsp3) is 0.0345. The van der Waals surface area contributed by atoms with E-state index in [1.54, 1.807) is 0 Å². The molecule has 3 heteroatoms. The molecule has 3 nitrogen and oxygen atoms in total. The predicted octanol–water partition coefficient (Wildman–Crippen LogP) is 7.18. The first-order valence-electron chi connectivity index (χ1n) is 10.8. The van der Waals surface area contributed by atoms with Crippen LogP contribution in [-0.2, 0) is 6.42 Å². The summed E-state index contributed by atoms with van der Waals surface area (Å²) in [5.41, 5.74) is 13.1. The third-order valence-electron chi connectivity index (χ3n) is 5.78. The molecule has 1 aromatic heterocycles. The standard InChI is InChI=1S/C29H25N3/c1-2-23-26(31-22-13-7-4-8-14-22)19-18-25-24-15-9-10-16-27(24)32(29(23)25)28(30)20-17-21-11-5-3-6-12-21/h2-16,18-20,31H,1,17,30H2/b28-20+. The fourth-order valence-corrected chi connectivity index (χ4v) is 4.27. The molecule has 32 heavy (non-hydrogen) atoms. The van der Waals surface area contributed by atoms with Crippen LogP contribution in [0.5, 0.6) is 0 Å². The molecular weight excluding hydrogens is 390 g/mol. The zero-order valence-corrected chi connectivity index (χ0v) is 17.8. The van der Waals surface area contributed by atoms with Crippen LogP contribution in [0.2, 0.25) is 0 Å². The SMILES string of the molecule is C=Cc1c(Nc2ccccc2)ccc2c3ccccc3n(/C(N)=C/Cc3ccccc3)c12. The van der Waals surface area contributed by atoms with Crippen LogP contribution in [0, 0.1) is 0 Å². The summed E-state index contributed by atoms with van der Waals surface area (Å²) in [5, 5.41) is 5.87. The number of hydrogen-bond donors (Lipinski definition) is 2. The minimum Gasteiger partial charge on any atom is -0.385 e. The molecule has 0 saturated heterocycles. The summed E-state index contributed by atoms with van der Waals surface area (Å²) < 4.78 is 2.15. The molecule has 0 fully saturated rings. The molecule has 0 bridgehead atoms. The van der Waals surface area contributed by atoms with Crippen molar-refractivity contribution in [2.75, 3.05) is 5.32 Å². The van der Waals surface area contributed by atoms with Crippen LogP contribution < -0.4 is 11.1 Å². The third kappa shape index (κ3) is 3.54. The second-order valence-electron chi connectivity index (χ2n) is 7.79. The van der Waals surface area contributed by atoms with Gasteiger partial charge in [-0.1, -0.05) is 85.5 Å². The molecule has 0 spiro atoms. The monoisotopic (exact) mass is 415 g/mol. The number of benzene rings is 4. The Kier molecular flexibility index (Phi) is 5.22. The average Bonchev–Trinajstić information content (AvgIpc) is 3.18. The maximum atomic E-state index is 6.72. The topological polar surface area (TPSA) is 43.0 Å². The molecule has 1 heterocycles. The van der Waals surface area contributed by atoms with E-state index in [0.29, 0.717) is 5.82 Å². The van der Waals surface area contributed by atoms with Gasteiger partial charge in [0.15, 0.2) is 0 Å². The van der Waals surface area contributed by atoms with E-state index < -0.39 is 0 Å². The number of fused-ring (bicyclic) bond motifs is 3. The third-order valence-corrected chi connectivity index (χ3v) is 5.78. The first-order valence-corrected chi connectivity index (χ1v) is 10.8. The zero-order chi connectivity index (χ0) is 21.9. The van der Waals surface area contributed by atoms with E-state index in [-0.39, 0.29) is 0 Å².